The van der Waals surface area contributed by atoms with Crippen LogP contribution in [0.5, 0.6) is 17.2 Å². The number of carbonyl (C=O) groups is 3. The predicted octanol–water partition coefficient (Wildman–Crippen LogP) is 4.37. The van der Waals surface area contributed by atoms with Crippen molar-refractivity contribution in [3.8, 4) is 17.2 Å². The minimum absolute atomic E-state index is 0.0185. The molecule has 2 aromatic carbocycles. The molecule has 0 unspecified atom stereocenters. The third-order valence-corrected chi connectivity index (χ3v) is 5.68. The maximum absolute atomic E-state index is 13.1. The fourth-order valence-electron chi connectivity index (χ4n) is 3.85. The van der Waals surface area contributed by atoms with Crippen molar-refractivity contribution in [2.75, 3.05) is 26.1 Å². The number of rotatable bonds is 9. The van der Waals surface area contributed by atoms with Gasteiger partial charge in [-0.2, -0.15) is 13.2 Å². The Bertz CT molecular complexity index is 1110. The Morgan fingerprint density at radius 2 is 1.67 bits per heavy atom. The Labute approximate surface area is 206 Å². The molecule has 0 heterocycles. The molecule has 0 atom stereocenters. The number of hydrogen-bond acceptors (Lipinski definition) is 6. The van der Waals surface area contributed by atoms with E-state index in [1.165, 1.54) is 38.5 Å². The van der Waals surface area contributed by atoms with Gasteiger partial charge in [-0.25, -0.2) is 0 Å². The van der Waals surface area contributed by atoms with Crippen molar-refractivity contribution in [3.05, 3.63) is 47.5 Å². The van der Waals surface area contributed by atoms with E-state index in [1.807, 2.05) is 0 Å². The highest BCUT2D eigenvalue weighted by atomic mass is 19.4. The number of carbonyl (C=O) groups excluding carboxylic acids is 3. The summed E-state index contributed by atoms with van der Waals surface area (Å²) in [4.78, 5) is 37.2. The van der Waals surface area contributed by atoms with Crippen LogP contribution < -0.4 is 24.8 Å². The summed E-state index contributed by atoms with van der Waals surface area (Å²) in [5.41, 5.74) is -1.01. The molecule has 0 radical (unpaired) electrons. The summed E-state index contributed by atoms with van der Waals surface area (Å²) in [5.74, 6) is -2.01. The molecule has 8 nitrogen and oxygen atoms in total. The number of methoxy groups -OCH3 is 2. The minimum Gasteiger partial charge on any atom is -0.497 e. The van der Waals surface area contributed by atoms with Gasteiger partial charge in [-0.3, -0.25) is 14.4 Å². The van der Waals surface area contributed by atoms with Gasteiger partial charge in [0.05, 0.1) is 19.8 Å². The monoisotopic (exact) mass is 508 g/mol. The highest BCUT2D eigenvalue weighted by Crippen LogP contribution is 2.34. The van der Waals surface area contributed by atoms with Gasteiger partial charge in [-0.1, -0.05) is 19.3 Å². The smallest absolute Gasteiger partial charge is 0.416 e. The highest BCUT2D eigenvalue weighted by molar-refractivity contribution is 6.42. The number of Topliss-reactive ketones (excluding diaryl/α,β-unsaturated/α-hetero) is 1. The van der Waals surface area contributed by atoms with Crippen LogP contribution in [0.25, 0.3) is 0 Å². The van der Waals surface area contributed by atoms with Crippen molar-refractivity contribution in [2.45, 2.75) is 44.3 Å². The first-order valence-corrected chi connectivity index (χ1v) is 11.3. The van der Waals surface area contributed by atoms with E-state index >= 15 is 0 Å². The summed E-state index contributed by atoms with van der Waals surface area (Å²) in [6.45, 7) is -0.551. The fraction of sp³-hybridized carbons (Fsp3) is 0.400. The van der Waals surface area contributed by atoms with E-state index < -0.39 is 35.9 Å². The van der Waals surface area contributed by atoms with Crippen LogP contribution >= 0.6 is 0 Å². The normalized spacial score (nSPS) is 14.0. The molecule has 1 saturated carbocycles. The van der Waals surface area contributed by atoms with E-state index in [-0.39, 0.29) is 34.5 Å². The first kappa shape index (κ1) is 26.8. The fourth-order valence-corrected chi connectivity index (χ4v) is 3.85. The lowest BCUT2D eigenvalue weighted by molar-refractivity contribution is -0.137. The molecule has 11 heteroatoms. The molecule has 3 rings (SSSR count). The molecule has 0 bridgehead atoms. The molecule has 2 aromatic rings. The summed E-state index contributed by atoms with van der Waals surface area (Å²) in [6, 6.07) is 6.89. The van der Waals surface area contributed by atoms with Crippen LogP contribution in [0.15, 0.2) is 36.4 Å². The van der Waals surface area contributed by atoms with Crippen LogP contribution in [0.1, 0.15) is 48.0 Å². The largest absolute Gasteiger partial charge is 0.497 e. The van der Waals surface area contributed by atoms with Crippen molar-refractivity contribution in [1.29, 1.82) is 0 Å². The summed E-state index contributed by atoms with van der Waals surface area (Å²) >= 11 is 0. The summed E-state index contributed by atoms with van der Waals surface area (Å²) in [7, 11) is 2.54. The number of amides is 2. The number of nitrogens with one attached hydrogen (secondary N) is 2. The zero-order valence-corrected chi connectivity index (χ0v) is 19.9. The zero-order chi connectivity index (χ0) is 26.3. The molecule has 2 N–H and O–H groups in total. The second-order valence-corrected chi connectivity index (χ2v) is 8.29. The number of alkyl halides is 3. The molecule has 1 aliphatic rings. The lowest BCUT2D eigenvalue weighted by atomic mass is 9.95. The standard InChI is InChI=1S/C25H27F3N2O6/c1-34-19-12-16(25(26,27)28)11-18(13-19)29-22(31)14-36-20-9-8-15(10-21(20)35-2)23(32)24(33)30-17-6-4-3-5-7-17/h8-13,17H,3-7,14H2,1-2H3,(H,29,31)(H,30,33). The summed E-state index contributed by atoms with van der Waals surface area (Å²) < 4.78 is 54.7. The Hall–Kier alpha value is -3.76. The molecule has 1 fully saturated rings. The molecular formula is C25H27F3N2O6. The van der Waals surface area contributed by atoms with Crippen LogP contribution in [0.2, 0.25) is 0 Å². The molecule has 0 spiro atoms. The highest BCUT2D eigenvalue weighted by Gasteiger charge is 2.31. The molecule has 2 amide bonds. The van der Waals surface area contributed by atoms with Gasteiger partial charge in [0.25, 0.3) is 11.8 Å². The van der Waals surface area contributed by atoms with E-state index in [2.05, 4.69) is 10.6 Å². The van der Waals surface area contributed by atoms with Crippen LogP contribution in [0.4, 0.5) is 18.9 Å². The number of hydrogen-bond donors (Lipinski definition) is 2. The number of ketones is 1. The zero-order valence-electron chi connectivity index (χ0n) is 19.9. The maximum atomic E-state index is 13.1. The van der Waals surface area contributed by atoms with Gasteiger partial charge in [0.1, 0.15) is 5.75 Å². The van der Waals surface area contributed by atoms with Crippen molar-refractivity contribution < 1.29 is 41.8 Å². The quantitative estimate of drug-likeness (QED) is 0.385. The molecule has 0 saturated heterocycles. The topological polar surface area (TPSA) is 103 Å². The van der Waals surface area contributed by atoms with Crippen molar-refractivity contribution in [1.82, 2.24) is 5.32 Å². The van der Waals surface area contributed by atoms with Gasteiger partial charge < -0.3 is 24.8 Å². The number of anilines is 1. The van der Waals surface area contributed by atoms with Crippen LogP contribution in [-0.4, -0.2) is 44.5 Å². The van der Waals surface area contributed by atoms with Gasteiger partial charge in [0, 0.05) is 23.4 Å². The number of halogens is 3. The lowest BCUT2D eigenvalue weighted by Gasteiger charge is -2.22. The molecule has 0 aliphatic heterocycles. The van der Waals surface area contributed by atoms with Crippen molar-refractivity contribution >= 4 is 23.3 Å². The molecule has 36 heavy (non-hydrogen) atoms. The predicted molar refractivity (Wildman–Crippen MR) is 124 cm³/mol. The molecule has 0 aromatic heterocycles. The number of ether oxygens (including phenoxy) is 3. The van der Waals surface area contributed by atoms with E-state index in [1.54, 1.807) is 0 Å². The van der Waals surface area contributed by atoms with Crippen LogP contribution in [0, 0.1) is 0 Å². The summed E-state index contributed by atoms with van der Waals surface area (Å²) in [5, 5.41) is 5.09. The average molecular weight is 508 g/mol. The third kappa shape index (κ3) is 7.12. The maximum Gasteiger partial charge on any atom is 0.416 e. The second-order valence-electron chi connectivity index (χ2n) is 8.29. The Morgan fingerprint density at radius 3 is 2.31 bits per heavy atom. The SMILES string of the molecule is COc1cc(NC(=O)COc2ccc(C(=O)C(=O)NC3CCCCC3)cc2OC)cc(C(F)(F)F)c1. The Morgan fingerprint density at radius 1 is 0.944 bits per heavy atom. The first-order valence-electron chi connectivity index (χ1n) is 11.3. The van der Waals surface area contributed by atoms with Crippen molar-refractivity contribution in [3.63, 3.8) is 0 Å². The summed E-state index contributed by atoms with van der Waals surface area (Å²) in [6.07, 6.45) is 0.187. The van der Waals surface area contributed by atoms with Gasteiger partial charge in [0.15, 0.2) is 18.1 Å². The van der Waals surface area contributed by atoms with Gasteiger partial charge in [0.2, 0.25) is 5.78 Å². The van der Waals surface area contributed by atoms with Gasteiger partial charge >= 0.3 is 6.18 Å². The molecule has 194 valence electrons. The van der Waals surface area contributed by atoms with E-state index in [9.17, 15) is 27.6 Å². The number of benzene rings is 2. The Balaban J connectivity index is 1.63. The average Bonchev–Trinajstić information content (AvgIpc) is 2.86. The lowest BCUT2D eigenvalue weighted by Crippen LogP contribution is -2.40. The van der Waals surface area contributed by atoms with Gasteiger partial charge in [-0.15, -0.1) is 0 Å². The van der Waals surface area contributed by atoms with Crippen molar-refractivity contribution in [2.24, 2.45) is 0 Å². The Kier molecular flexibility index (Phi) is 8.78. The van der Waals surface area contributed by atoms with E-state index in [4.69, 9.17) is 14.2 Å². The van der Waals surface area contributed by atoms with E-state index in [0.717, 1.165) is 44.2 Å². The van der Waals surface area contributed by atoms with E-state index in [0.29, 0.717) is 0 Å². The third-order valence-electron chi connectivity index (χ3n) is 5.68. The minimum atomic E-state index is -4.62. The molecule has 1 aliphatic carbocycles. The first-order chi connectivity index (χ1) is 17.1. The van der Waals surface area contributed by atoms with Crippen LogP contribution in [0.3, 0.4) is 0 Å². The van der Waals surface area contributed by atoms with Crippen LogP contribution in [-0.2, 0) is 15.8 Å². The second kappa shape index (κ2) is 11.8. The van der Waals surface area contributed by atoms with Gasteiger partial charge in [-0.05, 0) is 43.2 Å². The molecular weight excluding hydrogens is 481 g/mol.